The highest BCUT2D eigenvalue weighted by Crippen LogP contribution is 2.43. The number of nitrogens with zero attached hydrogens (tertiary/aromatic N) is 4. The highest BCUT2D eigenvalue weighted by Gasteiger charge is 2.22. The van der Waals surface area contributed by atoms with E-state index in [0.29, 0.717) is 0 Å². The third-order valence-corrected chi connectivity index (χ3v) is 12.1. The summed E-state index contributed by atoms with van der Waals surface area (Å²) in [5.41, 5.74) is 18.5. The van der Waals surface area contributed by atoms with Gasteiger partial charge in [0.2, 0.25) is 0 Å². The first kappa shape index (κ1) is 29.9. The molecule has 0 aliphatic heterocycles. The number of H-pyrrole nitrogens is 2. The summed E-state index contributed by atoms with van der Waals surface area (Å²) < 4.78 is 0. The second-order valence-electron chi connectivity index (χ2n) is 15.2. The Morgan fingerprint density at radius 3 is 1.25 bits per heavy atom. The summed E-state index contributed by atoms with van der Waals surface area (Å²) in [5.74, 6) is 0. The third-order valence-electron chi connectivity index (χ3n) is 12.1. The van der Waals surface area contributed by atoms with Crippen LogP contribution in [-0.4, -0.2) is 29.9 Å². The van der Waals surface area contributed by atoms with Crippen molar-refractivity contribution in [1.29, 1.82) is 0 Å². The van der Waals surface area contributed by atoms with Crippen molar-refractivity contribution in [2.75, 3.05) is 0 Å². The van der Waals surface area contributed by atoms with Crippen molar-refractivity contribution in [3.63, 3.8) is 0 Å². The minimum atomic E-state index is 0.936. The van der Waals surface area contributed by atoms with E-state index in [-0.39, 0.29) is 0 Å². The first-order chi connectivity index (χ1) is 27.7. The van der Waals surface area contributed by atoms with Gasteiger partial charge in [-0.15, -0.1) is 0 Å². The minimum absolute atomic E-state index is 0.936. The van der Waals surface area contributed by atoms with Crippen LogP contribution in [0.5, 0.6) is 0 Å². The van der Waals surface area contributed by atoms with Gasteiger partial charge >= 0.3 is 0 Å². The summed E-state index contributed by atoms with van der Waals surface area (Å²) in [6, 6.07) is 44.3. The van der Waals surface area contributed by atoms with E-state index < -0.39 is 0 Å². The first-order valence-corrected chi connectivity index (χ1v) is 19.1. The smallest absolute Gasteiger partial charge is 0.0970 e. The van der Waals surface area contributed by atoms with E-state index in [9.17, 15) is 0 Å². The Morgan fingerprint density at radius 2 is 0.768 bits per heavy atom. The van der Waals surface area contributed by atoms with Crippen LogP contribution in [0.3, 0.4) is 0 Å². The maximum absolute atomic E-state index is 4.76. The van der Waals surface area contributed by atoms with Gasteiger partial charge in [-0.05, 0) is 142 Å². The Hall–Kier alpha value is -7.44. The Kier molecular flexibility index (Phi) is 5.91. The predicted molar refractivity (Wildman–Crippen MR) is 230 cm³/mol. The van der Waals surface area contributed by atoms with Gasteiger partial charge in [0.15, 0.2) is 0 Å². The van der Waals surface area contributed by atoms with E-state index in [1.807, 2.05) is 49.1 Å². The van der Waals surface area contributed by atoms with Crippen molar-refractivity contribution >= 4 is 87.2 Å². The average molecular weight is 715 g/mol. The van der Waals surface area contributed by atoms with E-state index in [1.54, 1.807) is 0 Å². The topological polar surface area (TPSA) is 83.1 Å². The van der Waals surface area contributed by atoms with Crippen molar-refractivity contribution in [2.24, 2.45) is 0 Å². The molecule has 6 heterocycles. The highest BCUT2D eigenvalue weighted by molar-refractivity contribution is 6.16. The Morgan fingerprint density at radius 1 is 0.339 bits per heavy atom. The standard InChI is InChI=1S/C50H30N6/c1-5-31-23-35(33-7-3-17-53-49(33)47(31)51-15-1)29-11-13-43-39(19-29)41-21-27-9-10-28-22-42-40-20-30(12-14-44(40)56-46(42)26-38(28)37(27)25-45(41)55-43)36-24-32-6-2-16-52-48(32)50-34(36)8-4-18-54-50/h1-8,11-26,55-56H,9-10H2. The molecule has 0 radical (unpaired) electrons. The molecule has 13 rings (SSSR count). The molecule has 6 aromatic carbocycles. The molecule has 0 unspecified atom stereocenters. The molecule has 0 spiro atoms. The normalized spacial score (nSPS) is 12.9. The maximum atomic E-state index is 4.76. The van der Waals surface area contributed by atoms with Crippen LogP contribution in [0.1, 0.15) is 11.1 Å². The van der Waals surface area contributed by atoms with E-state index in [1.165, 1.54) is 66.1 Å². The average Bonchev–Trinajstić information content (AvgIpc) is 3.80. The largest absolute Gasteiger partial charge is 0.354 e. The molecule has 2 N–H and O–H groups in total. The lowest BCUT2D eigenvalue weighted by atomic mass is 9.84. The van der Waals surface area contributed by atoms with Crippen LogP contribution in [0.2, 0.25) is 0 Å². The van der Waals surface area contributed by atoms with Gasteiger partial charge in [0.05, 0.1) is 22.1 Å². The summed E-state index contributed by atoms with van der Waals surface area (Å²) in [4.78, 5) is 26.4. The highest BCUT2D eigenvalue weighted by atomic mass is 14.7. The molecule has 1 aliphatic rings. The molecule has 0 bridgehead atoms. The predicted octanol–water partition coefficient (Wildman–Crippen LogP) is 12.2. The number of aromatic amines is 2. The number of nitrogens with one attached hydrogen (secondary N) is 2. The molecule has 0 saturated carbocycles. The number of pyridine rings is 4. The second-order valence-corrected chi connectivity index (χ2v) is 15.2. The fourth-order valence-corrected chi connectivity index (χ4v) is 9.53. The lowest BCUT2D eigenvalue weighted by Crippen LogP contribution is -2.04. The second kappa shape index (κ2) is 11.1. The molecule has 56 heavy (non-hydrogen) atoms. The first-order valence-electron chi connectivity index (χ1n) is 19.1. The van der Waals surface area contributed by atoms with Gasteiger partial charge in [0.1, 0.15) is 0 Å². The third kappa shape index (κ3) is 4.21. The van der Waals surface area contributed by atoms with E-state index >= 15 is 0 Å². The molecule has 0 atom stereocenters. The van der Waals surface area contributed by atoms with Crippen molar-refractivity contribution in [3.8, 4) is 33.4 Å². The number of benzene rings is 6. The number of aromatic nitrogens is 6. The lowest BCUT2D eigenvalue weighted by Gasteiger charge is -2.20. The maximum Gasteiger partial charge on any atom is 0.0970 e. The number of rotatable bonds is 2. The number of hydrogen-bond acceptors (Lipinski definition) is 4. The molecule has 0 amide bonds. The Balaban J connectivity index is 0.937. The quantitative estimate of drug-likeness (QED) is 0.175. The van der Waals surface area contributed by atoms with Crippen molar-refractivity contribution in [1.82, 2.24) is 29.9 Å². The molecule has 0 saturated heterocycles. The van der Waals surface area contributed by atoms with Crippen molar-refractivity contribution < 1.29 is 0 Å². The monoisotopic (exact) mass is 714 g/mol. The number of hydrogen-bond donors (Lipinski definition) is 2. The molecular weight excluding hydrogens is 685 g/mol. The Bertz CT molecular complexity index is 3420. The lowest BCUT2D eigenvalue weighted by molar-refractivity contribution is 0.946. The fraction of sp³-hybridized carbons (Fsp3) is 0.0400. The van der Waals surface area contributed by atoms with E-state index in [0.717, 1.165) is 78.5 Å². The van der Waals surface area contributed by atoms with Crippen LogP contribution in [0.4, 0.5) is 0 Å². The van der Waals surface area contributed by atoms with Gasteiger partial charge in [0, 0.05) is 89.9 Å². The van der Waals surface area contributed by atoms with Crippen LogP contribution < -0.4 is 0 Å². The van der Waals surface area contributed by atoms with Gasteiger partial charge in [-0.2, -0.15) is 0 Å². The summed E-state index contributed by atoms with van der Waals surface area (Å²) in [5, 5.41) is 9.43. The molecule has 12 aromatic rings. The van der Waals surface area contributed by atoms with Gasteiger partial charge < -0.3 is 9.97 Å². The van der Waals surface area contributed by atoms with Crippen LogP contribution in [0.15, 0.2) is 146 Å². The summed E-state index contributed by atoms with van der Waals surface area (Å²) in [6.45, 7) is 0. The molecule has 1 aliphatic carbocycles. The number of aryl methyl sites for hydroxylation is 2. The van der Waals surface area contributed by atoms with E-state index in [4.69, 9.17) is 9.97 Å². The summed E-state index contributed by atoms with van der Waals surface area (Å²) in [6.07, 6.45) is 9.40. The molecule has 6 heteroatoms. The van der Waals surface area contributed by atoms with Crippen molar-refractivity contribution in [3.05, 3.63) is 157 Å². The van der Waals surface area contributed by atoms with Crippen LogP contribution in [0, 0.1) is 0 Å². The molecule has 0 fully saturated rings. The summed E-state index contributed by atoms with van der Waals surface area (Å²) >= 11 is 0. The van der Waals surface area contributed by atoms with Gasteiger partial charge in [-0.1, -0.05) is 36.4 Å². The zero-order chi connectivity index (χ0) is 36.5. The Labute approximate surface area is 319 Å². The van der Waals surface area contributed by atoms with Gasteiger partial charge in [-0.25, -0.2) is 0 Å². The van der Waals surface area contributed by atoms with Crippen LogP contribution in [0.25, 0.3) is 121 Å². The fourth-order valence-electron chi connectivity index (χ4n) is 9.53. The minimum Gasteiger partial charge on any atom is -0.354 e. The zero-order valence-corrected chi connectivity index (χ0v) is 30.1. The molecule has 6 aromatic heterocycles. The van der Waals surface area contributed by atoms with Gasteiger partial charge in [0.25, 0.3) is 0 Å². The summed E-state index contributed by atoms with van der Waals surface area (Å²) in [7, 11) is 0. The zero-order valence-electron chi connectivity index (χ0n) is 30.1. The number of fused-ring (bicyclic) bond motifs is 15. The SMILES string of the molecule is c1cnc2c(c1)cc(-c1ccc3[nH]c4cc5c(cc4c3c1)CCc1cc3c(cc1-5)[nH]c1ccc(-c4cc5cccnc5c5ncccc45)cc13)c1cccnc12. The van der Waals surface area contributed by atoms with Gasteiger partial charge in [-0.3, -0.25) is 19.9 Å². The van der Waals surface area contributed by atoms with Crippen LogP contribution in [-0.2, 0) is 12.8 Å². The van der Waals surface area contributed by atoms with Crippen LogP contribution >= 0.6 is 0 Å². The molecule has 6 nitrogen and oxygen atoms in total. The van der Waals surface area contributed by atoms with E-state index in [2.05, 4.69) is 117 Å². The molecule has 260 valence electrons. The molecular formula is C50H30N6. The van der Waals surface area contributed by atoms with Crippen molar-refractivity contribution in [2.45, 2.75) is 12.8 Å².